The molecule has 2 N–H and O–H groups in total. The van der Waals surface area contributed by atoms with Crippen LogP contribution in [0.2, 0.25) is 0 Å². The average Bonchev–Trinajstić information content (AvgIpc) is 2.79. The average molecular weight is 222 g/mol. The number of rotatable bonds is 1. The number of aliphatic hydroxyl groups is 2. The monoisotopic (exact) mass is 222 g/mol. The Hall–Kier alpha value is -0.940. The molecule has 0 bridgehead atoms. The predicted molar refractivity (Wildman–Crippen MR) is 55.6 cm³/mol. The Bertz CT molecular complexity index is 367. The minimum Gasteiger partial charge on any atom is -0.387 e. The lowest BCUT2D eigenvalue weighted by Crippen LogP contribution is -2.28. The molecule has 3 rings (SSSR count). The second kappa shape index (κ2) is 3.82. The Balaban J connectivity index is 1.81. The third-order valence-corrected chi connectivity index (χ3v) is 3.21. The number of hydrogen-bond acceptors (Lipinski definition) is 4. The van der Waals surface area contributed by atoms with Gasteiger partial charge >= 0.3 is 0 Å². The molecule has 1 aromatic carbocycles. The minimum absolute atomic E-state index is 0.199. The molecule has 4 nitrogen and oxygen atoms in total. The summed E-state index contributed by atoms with van der Waals surface area (Å²) in [6.07, 6.45) is -2.02. The van der Waals surface area contributed by atoms with Crippen LogP contribution in [0.3, 0.4) is 0 Å². The van der Waals surface area contributed by atoms with Gasteiger partial charge in [0, 0.05) is 6.42 Å². The molecule has 16 heavy (non-hydrogen) atoms. The number of benzene rings is 1. The van der Waals surface area contributed by atoms with E-state index in [-0.39, 0.29) is 12.2 Å². The van der Waals surface area contributed by atoms with Crippen molar-refractivity contribution in [3.05, 3.63) is 35.9 Å². The lowest BCUT2D eigenvalue weighted by atomic mass is 10.0. The van der Waals surface area contributed by atoms with E-state index in [0.717, 1.165) is 5.56 Å². The van der Waals surface area contributed by atoms with E-state index in [9.17, 15) is 10.2 Å². The predicted octanol–water partition coefficient (Wildman–Crippen LogP) is 0.595. The van der Waals surface area contributed by atoms with Crippen LogP contribution in [0.5, 0.6) is 0 Å². The lowest BCUT2D eigenvalue weighted by Gasteiger charge is -2.18. The van der Waals surface area contributed by atoms with Crippen molar-refractivity contribution in [2.45, 2.75) is 37.1 Å². The molecule has 5 atom stereocenters. The van der Waals surface area contributed by atoms with Crippen molar-refractivity contribution < 1.29 is 19.7 Å². The largest absolute Gasteiger partial charge is 0.387 e. The fraction of sp³-hybridized carbons (Fsp3) is 0.500. The van der Waals surface area contributed by atoms with Crippen molar-refractivity contribution in [2.75, 3.05) is 0 Å². The molecule has 0 saturated carbocycles. The molecule has 0 amide bonds. The number of ether oxygens (including phenoxy) is 2. The summed E-state index contributed by atoms with van der Waals surface area (Å²) in [6.45, 7) is 0. The van der Waals surface area contributed by atoms with Crippen molar-refractivity contribution in [3.8, 4) is 0 Å². The fourth-order valence-electron chi connectivity index (χ4n) is 2.45. The summed E-state index contributed by atoms with van der Waals surface area (Å²) in [7, 11) is 0. The van der Waals surface area contributed by atoms with Gasteiger partial charge in [0.15, 0.2) is 6.29 Å². The van der Waals surface area contributed by atoms with Gasteiger partial charge in [-0.2, -0.15) is 0 Å². The van der Waals surface area contributed by atoms with Crippen LogP contribution in [-0.4, -0.2) is 34.8 Å². The second-order valence-electron chi connectivity index (χ2n) is 4.29. The Labute approximate surface area is 93.4 Å². The van der Waals surface area contributed by atoms with Gasteiger partial charge < -0.3 is 19.7 Å². The zero-order valence-corrected chi connectivity index (χ0v) is 8.69. The molecular weight excluding hydrogens is 208 g/mol. The zero-order valence-electron chi connectivity index (χ0n) is 8.69. The summed E-state index contributed by atoms with van der Waals surface area (Å²) in [6, 6.07) is 9.59. The third-order valence-electron chi connectivity index (χ3n) is 3.21. The molecule has 1 aromatic rings. The maximum Gasteiger partial charge on any atom is 0.157 e. The van der Waals surface area contributed by atoms with E-state index in [1.54, 1.807) is 0 Å². The molecule has 2 heterocycles. The number of fused-ring (bicyclic) bond motifs is 1. The van der Waals surface area contributed by atoms with Gasteiger partial charge in [0.2, 0.25) is 0 Å². The smallest absolute Gasteiger partial charge is 0.157 e. The summed E-state index contributed by atoms with van der Waals surface area (Å²) in [5, 5.41) is 19.4. The molecule has 0 aromatic heterocycles. The minimum atomic E-state index is -0.804. The third kappa shape index (κ3) is 1.55. The summed E-state index contributed by atoms with van der Waals surface area (Å²) < 4.78 is 10.9. The van der Waals surface area contributed by atoms with E-state index < -0.39 is 18.5 Å². The fourth-order valence-corrected chi connectivity index (χ4v) is 2.45. The highest BCUT2D eigenvalue weighted by molar-refractivity contribution is 5.21. The Morgan fingerprint density at radius 3 is 2.50 bits per heavy atom. The normalized spacial score (nSPS) is 42.2. The van der Waals surface area contributed by atoms with E-state index in [0.29, 0.717) is 6.42 Å². The van der Waals surface area contributed by atoms with E-state index in [2.05, 4.69) is 0 Å². The van der Waals surface area contributed by atoms with E-state index in [4.69, 9.17) is 9.47 Å². The van der Waals surface area contributed by atoms with Gasteiger partial charge in [-0.05, 0) is 5.56 Å². The van der Waals surface area contributed by atoms with Crippen LogP contribution in [0.25, 0.3) is 0 Å². The van der Waals surface area contributed by atoms with Crippen LogP contribution in [0.15, 0.2) is 30.3 Å². The molecule has 2 fully saturated rings. The molecule has 2 aliphatic heterocycles. The molecule has 4 heteroatoms. The molecule has 0 spiro atoms. The van der Waals surface area contributed by atoms with Crippen LogP contribution < -0.4 is 0 Å². The van der Waals surface area contributed by atoms with Crippen LogP contribution >= 0.6 is 0 Å². The SMILES string of the molecule is OC1C[C@@H]2O[C@@H](c3ccccc3)[C@@H](O)[C@@H]2O1. The maximum atomic E-state index is 10.1. The highest BCUT2D eigenvalue weighted by Crippen LogP contribution is 2.40. The molecule has 0 aliphatic carbocycles. The molecule has 1 unspecified atom stereocenters. The first-order valence-corrected chi connectivity index (χ1v) is 5.48. The van der Waals surface area contributed by atoms with Crippen LogP contribution in [0.1, 0.15) is 18.1 Å². The first kappa shape index (κ1) is 10.2. The van der Waals surface area contributed by atoms with Crippen LogP contribution in [-0.2, 0) is 9.47 Å². The van der Waals surface area contributed by atoms with E-state index in [1.165, 1.54) is 0 Å². The second-order valence-corrected chi connectivity index (χ2v) is 4.29. The van der Waals surface area contributed by atoms with E-state index in [1.807, 2.05) is 30.3 Å². The van der Waals surface area contributed by atoms with Crippen molar-refractivity contribution in [1.82, 2.24) is 0 Å². The van der Waals surface area contributed by atoms with Crippen molar-refractivity contribution in [2.24, 2.45) is 0 Å². The first-order chi connectivity index (χ1) is 7.75. The number of hydrogen-bond donors (Lipinski definition) is 2. The molecule has 2 aliphatic rings. The van der Waals surface area contributed by atoms with Gasteiger partial charge in [-0.3, -0.25) is 0 Å². The summed E-state index contributed by atoms with van der Waals surface area (Å²) in [4.78, 5) is 0. The molecule has 86 valence electrons. The summed E-state index contributed by atoms with van der Waals surface area (Å²) >= 11 is 0. The highest BCUT2D eigenvalue weighted by atomic mass is 16.7. The summed E-state index contributed by atoms with van der Waals surface area (Å²) in [5.41, 5.74) is 0.947. The topological polar surface area (TPSA) is 58.9 Å². The van der Waals surface area contributed by atoms with Crippen molar-refractivity contribution >= 4 is 0 Å². The maximum absolute atomic E-state index is 10.1. The van der Waals surface area contributed by atoms with Crippen LogP contribution in [0.4, 0.5) is 0 Å². The van der Waals surface area contributed by atoms with Gasteiger partial charge in [-0.25, -0.2) is 0 Å². The molecular formula is C12H14O4. The lowest BCUT2D eigenvalue weighted by molar-refractivity contribution is -0.122. The first-order valence-electron chi connectivity index (χ1n) is 5.48. The van der Waals surface area contributed by atoms with Gasteiger partial charge in [-0.15, -0.1) is 0 Å². The van der Waals surface area contributed by atoms with E-state index >= 15 is 0 Å². The van der Waals surface area contributed by atoms with Gasteiger partial charge in [-0.1, -0.05) is 30.3 Å². The molecule has 0 radical (unpaired) electrons. The van der Waals surface area contributed by atoms with Crippen LogP contribution in [0, 0.1) is 0 Å². The van der Waals surface area contributed by atoms with Crippen molar-refractivity contribution in [1.29, 1.82) is 0 Å². The Morgan fingerprint density at radius 2 is 1.81 bits per heavy atom. The molecule has 2 saturated heterocycles. The highest BCUT2D eigenvalue weighted by Gasteiger charge is 2.50. The number of aliphatic hydroxyl groups excluding tert-OH is 2. The Kier molecular flexibility index (Phi) is 2.44. The zero-order chi connectivity index (χ0) is 11.1. The van der Waals surface area contributed by atoms with Crippen molar-refractivity contribution in [3.63, 3.8) is 0 Å². The summed E-state index contributed by atoms with van der Waals surface area (Å²) in [5.74, 6) is 0. The standard InChI is InChI=1S/C12H14O4/c13-9-6-8-12(16-9)10(14)11(15-8)7-4-2-1-3-5-7/h1-5,8-14H,6H2/t8-,9?,10+,11-,12+/m0/s1. The van der Waals surface area contributed by atoms with Gasteiger partial charge in [0.25, 0.3) is 0 Å². The quantitative estimate of drug-likeness (QED) is 0.730. The van der Waals surface area contributed by atoms with Gasteiger partial charge in [0.1, 0.15) is 18.3 Å². The Morgan fingerprint density at radius 1 is 1.06 bits per heavy atom. The van der Waals surface area contributed by atoms with Gasteiger partial charge in [0.05, 0.1) is 6.10 Å².